The molecule has 0 aromatic heterocycles. The number of benzene rings is 2. The Morgan fingerprint density at radius 3 is 1.96 bits per heavy atom. The number of aliphatic imine (C=N–C) groups is 1. The molecule has 0 unspecified atom stereocenters. The van der Waals surface area contributed by atoms with Crippen LogP contribution in [0.25, 0.3) is 11.1 Å². The molecular formula is C23H29NSe. The van der Waals surface area contributed by atoms with E-state index in [4.69, 9.17) is 4.99 Å². The normalized spacial score (nSPS) is 15.8. The molecule has 25 heavy (non-hydrogen) atoms. The summed E-state index contributed by atoms with van der Waals surface area (Å²) in [5, 5.41) is 1.28. The molecule has 132 valence electrons. The number of hydrogen-bond acceptors (Lipinski definition) is 1. The maximum absolute atomic E-state index is 5.28. The summed E-state index contributed by atoms with van der Waals surface area (Å²) in [6.07, 6.45) is 2.55. The second-order valence-corrected chi connectivity index (χ2v) is 10.3. The van der Waals surface area contributed by atoms with Crippen LogP contribution in [-0.4, -0.2) is 25.1 Å². The molecule has 0 atom stereocenters. The fraction of sp³-hybridized carbons (Fsp3) is 0.435. The Morgan fingerprint density at radius 1 is 0.960 bits per heavy atom. The Kier molecular flexibility index (Phi) is 5.23. The van der Waals surface area contributed by atoms with E-state index in [9.17, 15) is 0 Å². The summed E-state index contributed by atoms with van der Waals surface area (Å²) >= 11 is 0.419. The van der Waals surface area contributed by atoms with Gasteiger partial charge in [-0.25, -0.2) is 0 Å². The molecule has 2 aromatic rings. The molecule has 2 aromatic carbocycles. The van der Waals surface area contributed by atoms with Crippen molar-refractivity contribution in [1.29, 1.82) is 0 Å². The van der Waals surface area contributed by atoms with Crippen LogP contribution in [0.5, 0.6) is 0 Å². The average Bonchev–Trinajstić information content (AvgIpc) is 2.84. The zero-order chi connectivity index (χ0) is 18.1. The van der Waals surface area contributed by atoms with Crippen LogP contribution in [0.2, 0.25) is 5.32 Å². The van der Waals surface area contributed by atoms with Crippen molar-refractivity contribution in [2.45, 2.75) is 63.7 Å². The minimum absolute atomic E-state index is 0.0429. The van der Waals surface area contributed by atoms with E-state index < -0.39 is 0 Å². The van der Waals surface area contributed by atoms with Gasteiger partial charge in [0, 0.05) is 0 Å². The van der Waals surface area contributed by atoms with E-state index in [1.54, 1.807) is 0 Å². The third-order valence-electron chi connectivity index (χ3n) is 4.82. The molecule has 0 amide bonds. The van der Waals surface area contributed by atoms with Crippen molar-refractivity contribution in [3.63, 3.8) is 0 Å². The van der Waals surface area contributed by atoms with Crippen LogP contribution in [0.4, 0.5) is 0 Å². The number of hydrogen-bond donors (Lipinski definition) is 0. The van der Waals surface area contributed by atoms with Crippen molar-refractivity contribution < 1.29 is 0 Å². The van der Waals surface area contributed by atoms with E-state index in [0.29, 0.717) is 15.0 Å². The molecule has 3 rings (SSSR count). The van der Waals surface area contributed by atoms with Gasteiger partial charge in [0.2, 0.25) is 0 Å². The van der Waals surface area contributed by atoms with E-state index in [0.717, 1.165) is 0 Å². The van der Waals surface area contributed by atoms with Crippen LogP contribution in [0.3, 0.4) is 0 Å². The molecule has 1 aliphatic rings. The fourth-order valence-corrected chi connectivity index (χ4v) is 6.68. The minimum atomic E-state index is -0.0891. The van der Waals surface area contributed by atoms with Crippen molar-refractivity contribution in [2.24, 2.45) is 4.99 Å². The van der Waals surface area contributed by atoms with Crippen LogP contribution < -0.4 is 0 Å². The van der Waals surface area contributed by atoms with Crippen molar-refractivity contribution in [1.82, 2.24) is 0 Å². The average molecular weight is 398 g/mol. The molecule has 0 radical (unpaired) electrons. The van der Waals surface area contributed by atoms with Crippen LogP contribution in [-0.2, 0) is 5.41 Å². The molecule has 2 heteroatoms. The van der Waals surface area contributed by atoms with Gasteiger partial charge in [-0.05, 0) is 0 Å². The topological polar surface area (TPSA) is 12.4 Å². The Balaban J connectivity index is 2.18. The van der Waals surface area contributed by atoms with Gasteiger partial charge in [-0.15, -0.1) is 0 Å². The first-order valence-corrected chi connectivity index (χ1v) is 11.4. The molecule has 0 spiro atoms. The molecular weight excluding hydrogens is 369 g/mol. The van der Waals surface area contributed by atoms with E-state index in [1.165, 1.54) is 45.0 Å². The Labute approximate surface area is 159 Å². The monoisotopic (exact) mass is 399 g/mol. The predicted molar refractivity (Wildman–Crippen MR) is 111 cm³/mol. The second kappa shape index (κ2) is 7.09. The van der Waals surface area contributed by atoms with E-state index in [2.05, 4.69) is 83.1 Å². The van der Waals surface area contributed by atoms with Gasteiger partial charge in [0.05, 0.1) is 0 Å². The molecule has 0 saturated carbocycles. The standard InChI is InChI=1S/C23H29NSe/c1-6-7-16-25-21(24-22(2,3)4)23(5)19-14-10-8-12-17(19)18-13-9-11-15-20(18)23/h8-15H,6-7,16H2,1-5H3. The predicted octanol–water partition coefficient (Wildman–Crippen LogP) is 6.09. The first-order valence-electron chi connectivity index (χ1n) is 9.30. The summed E-state index contributed by atoms with van der Waals surface area (Å²) in [6, 6.07) is 17.8. The third kappa shape index (κ3) is 3.48. The van der Waals surface area contributed by atoms with Gasteiger partial charge in [-0.1, -0.05) is 0 Å². The summed E-state index contributed by atoms with van der Waals surface area (Å²) < 4.78 is 1.40. The summed E-state index contributed by atoms with van der Waals surface area (Å²) in [5.41, 5.74) is 5.49. The Morgan fingerprint density at radius 2 is 1.48 bits per heavy atom. The SMILES string of the molecule is CCCC[Se]C(=NC(C)(C)C)C1(C)c2ccccc2-c2ccccc21. The summed E-state index contributed by atoms with van der Waals surface area (Å²) in [5.74, 6) is 0. The number of nitrogens with zero attached hydrogens (tertiary/aromatic N) is 1. The summed E-state index contributed by atoms with van der Waals surface area (Å²) in [4.78, 5) is 5.28. The third-order valence-corrected chi connectivity index (χ3v) is 7.48. The van der Waals surface area contributed by atoms with E-state index >= 15 is 0 Å². The van der Waals surface area contributed by atoms with E-state index in [-0.39, 0.29) is 11.0 Å². The van der Waals surface area contributed by atoms with Crippen LogP contribution in [0.15, 0.2) is 53.5 Å². The van der Waals surface area contributed by atoms with Crippen molar-refractivity contribution in [3.8, 4) is 11.1 Å². The molecule has 0 aliphatic heterocycles. The van der Waals surface area contributed by atoms with E-state index in [1.807, 2.05) is 0 Å². The van der Waals surface area contributed by atoms with Gasteiger partial charge in [0.15, 0.2) is 0 Å². The van der Waals surface area contributed by atoms with Crippen LogP contribution >= 0.6 is 0 Å². The quantitative estimate of drug-likeness (QED) is 0.328. The van der Waals surface area contributed by atoms with Gasteiger partial charge < -0.3 is 0 Å². The first kappa shape index (κ1) is 18.4. The molecule has 1 aliphatic carbocycles. The molecule has 0 fully saturated rings. The maximum atomic E-state index is 5.28. The molecule has 0 saturated heterocycles. The van der Waals surface area contributed by atoms with Gasteiger partial charge in [-0.2, -0.15) is 0 Å². The van der Waals surface area contributed by atoms with Gasteiger partial charge in [0.1, 0.15) is 0 Å². The summed E-state index contributed by atoms with van der Waals surface area (Å²) in [7, 11) is 0. The van der Waals surface area contributed by atoms with Crippen molar-refractivity contribution in [2.75, 3.05) is 0 Å². The van der Waals surface area contributed by atoms with Gasteiger partial charge in [0.25, 0.3) is 0 Å². The Hall–Kier alpha value is -1.37. The zero-order valence-electron chi connectivity index (χ0n) is 16.1. The van der Waals surface area contributed by atoms with Crippen LogP contribution in [0, 0.1) is 0 Å². The van der Waals surface area contributed by atoms with Gasteiger partial charge in [-0.3, -0.25) is 0 Å². The van der Waals surface area contributed by atoms with Crippen LogP contribution in [0.1, 0.15) is 58.6 Å². The van der Waals surface area contributed by atoms with Crippen molar-refractivity contribution >= 4 is 19.6 Å². The molecule has 0 bridgehead atoms. The molecule has 0 heterocycles. The van der Waals surface area contributed by atoms with Gasteiger partial charge >= 0.3 is 159 Å². The summed E-state index contributed by atoms with van der Waals surface area (Å²) in [6.45, 7) is 11.3. The fourth-order valence-electron chi connectivity index (χ4n) is 3.59. The molecule has 1 nitrogen and oxygen atoms in total. The first-order chi connectivity index (χ1) is 11.9. The molecule has 0 N–H and O–H groups in total. The second-order valence-electron chi connectivity index (χ2n) is 8.01. The number of rotatable bonds is 5. The zero-order valence-corrected chi connectivity index (χ0v) is 17.8. The number of fused-ring (bicyclic) bond motifs is 3. The Bertz CT molecular complexity index is 737. The van der Waals surface area contributed by atoms with Crippen molar-refractivity contribution in [3.05, 3.63) is 59.7 Å². The number of unbranched alkanes of at least 4 members (excludes halogenated alkanes) is 1.